The first-order chi connectivity index (χ1) is 15.6. The van der Waals surface area contributed by atoms with E-state index in [0.717, 1.165) is 0 Å². The van der Waals surface area contributed by atoms with Crippen LogP contribution in [-0.4, -0.2) is 95.3 Å². The lowest BCUT2D eigenvalue weighted by Gasteiger charge is -2.48. The molecule has 12 N–H and O–H groups in total. The second kappa shape index (κ2) is 11.6. The Hall–Kier alpha value is 0.660. The Morgan fingerprint density at radius 1 is 0.278 bits per heavy atom. The molecule has 0 spiro atoms. The second-order valence-corrected chi connectivity index (χ2v) is 13.5. The van der Waals surface area contributed by atoms with Crippen molar-refractivity contribution in [3.63, 3.8) is 0 Å². The maximum atomic E-state index is 11.4. The van der Waals surface area contributed by atoms with Crippen LogP contribution >= 0.6 is 46.9 Å². The van der Waals surface area contributed by atoms with Crippen molar-refractivity contribution in [2.75, 3.05) is 0 Å². The molecule has 0 aromatic rings. The number of rotatable bonds is 12. The van der Waals surface area contributed by atoms with Crippen LogP contribution in [0.5, 0.6) is 0 Å². The molecule has 0 aromatic heterocycles. The number of phosphoric ester groups is 6. The van der Waals surface area contributed by atoms with E-state index >= 15 is 0 Å². The maximum Gasteiger partial charge on any atom is 0.470 e. The highest BCUT2D eigenvalue weighted by Gasteiger charge is 2.62. The Morgan fingerprint density at radius 3 is 0.417 bits per heavy atom. The molecule has 1 aliphatic carbocycles. The molecule has 36 heavy (non-hydrogen) atoms. The molecule has 0 amide bonds. The summed E-state index contributed by atoms with van der Waals surface area (Å²) in [4.78, 5) is 110. The van der Waals surface area contributed by atoms with Gasteiger partial charge >= 0.3 is 46.9 Å². The van der Waals surface area contributed by atoms with Gasteiger partial charge < -0.3 is 58.7 Å². The van der Waals surface area contributed by atoms with Crippen molar-refractivity contribution in [3.05, 3.63) is 0 Å². The monoisotopic (exact) mass is 660 g/mol. The second-order valence-electron chi connectivity index (χ2n) is 6.36. The lowest BCUT2D eigenvalue weighted by Crippen LogP contribution is -2.66. The first-order valence-corrected chi connectivity index (χ1v) is 17.2. The molecule has 0 radical (unpaired) electrons. The molecule has 1 aliphatic rings. The molecule has 0 unspecified atom stereocenters. The van der Waals surface area contributed by atoms with E-state index in [4.69, 9.17) is 58.7 Å². The minimum Gasteiger partial charge on any atom is -0.303 e. The summed E-state index contributed by atoms with van der Waals surface area (Å²) in [6.45, 7) is 0. The summed E-state index contributed by atoms with van der Waals surface area (Å²) in [5.74, 6) is 0. The molecule has 0 aromatic carbocycles. The van der Waals surface area contributed by atoms with Gasteiger partial charge in [-0.2, -0.15) is 0 Å². The van der Waals surface area contributed by atoms with Crippen LogP contribution in [0.1, 0.15) is 0 Å². The molecule has 30 heteroatoms. The molecule has 216 valence electrons. The Kier molecular flexibility index (Phi) is 11.2. The quantitative estimate of drug-likeness (QED) is 0.0920. The normalized spacial score (nSPS) is 29.3. The summed E-state index contributed by atoms with van der Waals surface area (Å²) < 4.78 is 93.1. The van der Waals surface area contributed by atoms with Crippen molar-refractivity contribution >= 4 is 46.9 Å². The third kappa shape index (κ3) is 13.1. The Labute approximate surface area is 197 Å². The molecule has 1 saturated carbocycles. The number of hydrogen-bond donors (Lipinski definition) is 12. The van der Waals surface area contributed by atoms with Crippen molar-refractivity contribution in [2.24, 2.45) is 0 Å². The molecule has 1 rings (SSSR count). The van der Waals surface area contributed by atoms with Crippen LogP contribution in [0.4, 0.5) is 0 Å². The largest absolute Gasteiger partial charge is 0.470 e. The Balaban J connectivity index is 4.04. The predicted octanol–water partition coefficient (Wildman–Crippen LogP) is -3.13. The molecule has 0 saturated heterocycles. The first kappa shape index (κ1) is 34.7. The van der Waals surface area contributed by atoms with Crippen LogP contribution in [-0.2, 0) is 54.5 Å². The summed E-state index contributed by atoms with van der Waals surface area (Å²) >= 11 is 0. The molecule has 24 nitrogen and oxygen atoms in total. The van der Waals surface area contributed by atoms with E-state index in [2.05, 4.69) is 27.1 Å². The average Bonchev–Trinajstić information content (AvgIpc) is 2.51. The zero-order valence-electron chi connectivity index (χ0n) is 16.4. The summed E-state index contributed by atoms with van der Waals surface area (Å²) in [5, 5.41) is 0. The Morgan fingerprint density at radius 2 is 0.361 bits per heavy atom. The summed E-state index contributed by atoms with van der Waals surface area (Å²) in [5.41, 5.74) is 0. The van der Waals surface area contributed by atoms with Crippen molar-refractivity contribution in [3.8, 4) is 0 Å². The third-order valence-corrected chi connectivity index (χ3v) is 6.61. The fourth-order valence-electron chi connectivity index (χ4n) is 2.79. The summed E-state index contributed by atoms with van der Waals surface area (Å²) in [6.07, 6.45) is -18.9. The van der Waals surface area contributed by atoms with E-state index in [9.17, 15) is 27.4 Å². The van der Waals surface area contributed by atoms with Crippen LogP contribution in [0.25, 0.3) is 0 Å². The van der Waals surface area contributed by atoms with E-state index in [1.807, 2.05) is 0 Å². The van der Waals surface area contributed by atoms with Gasteiger partial charge in [0.25, 0.3) is 0 Å². The fraction of sp³-hybridized carbons (Fsp3) is 1.00. The predicted molar refractivity (Wildman–Crippen MR) is 102 cm³/mol. The smallest absolute Gasteiger partial charge is 0.303 e. The van der Waals surface area contributed by atoms with E-state index in [0.29, 0.717) is 0 Å². The molecular formula is C6H18O24P6. The van der Waals surface area contributed by atoms with Crippen LogP contribution in [0, 0.1) is 0 Å². The van der Waals surface area contributed by atoms with Gasteiger partial charge in [-0.1, -0.05) is 0 Å². The SMILES string of the molecule is O=P(O)(O)OC1C(OP(=O)(O)O)[C@H](OP(=O)(O)O)C(OP(=O)(O)O)[C@H](OP(=O)(O)O)C1OP(=O)(O)O. The van der Waals surface area contributed by atoms with Gasteiger partial charge in [-0.3, -0.25) is 27.1 Å². The highest BCUT2D eigenvalue weighted by Crippen LogP contribution is 2.57. The van der Waals surface area contributed by atoms with E-state index < -0.39 is 83.6 Å². The van der Waals surface area contributed by atoms with Gasteiger partial charge in [-0.05, 0) is 0 Å². The van der Waals surface area contributed by atoms with Gasteiger partial charge in [0.15, 0.2) is 0 Å². The van der Waals surface area contributed by atoms with Gasteiger partial charge in [-0.25, -0.2) is 27.4 Å². The fourth-order valence-corrected chi connectivity index (χ4v) is 6.14. The lowest BCUT2D eigenvalue weighted by atomic mass is 9.85. The standard InChI is InChI=1S/C6H18O24P6/c7-31(8,9)25-1-2(26-32(10,11)12)4(28-34(16,17)18)6(30-36(22,23)24)5(29-35(19,20)21)3(1)27-33(13,14)15/h1-6H,(H2,7,8,9)(H2,10,11,12)(H2,13,14,15)(H2,16,17,18)(H2,19,20,21)(H2,22,23,24)/t1-,2?,3?,4+,5?,6?. The lowest BCUT2D eigenvalue weighted by molar-refractivity contribution is -0.202. The first-order valence-electron chi connectivity index (χ1n) is 8.01. The summed E-state index contributed by atoms with van der Waals surface area (Å²) in [6, 6.07) is 0. The van der Waals surface area contributed by atoms with Crippen LogP contribution in [0.15, 0.2) is 0 Å². The minimum absolute atomic E-state index is 3.14. The van der Waals surface area contributed by atoms with E-state index in [1.165, 1.54) is 0 Å². The molecule has 0 aliphatic heterocycles. The zero-order chi connectivity index (χ0) is 28.7. The Bertz CT molecular complexity index is 818. The van der Waals surface area contributed by atoms with Gasteiger partial charge in [0.1, 0.15) is 36.6 Å². The minimum atomic E-state index is -6.02. The highest BCUT2D eigenvalue weighted by atomic mass is 31.2. The molecular weight excluding hydrogens is 642 g/mol. The van der Waals surface area contributed by atoms with E-state index in [1.54, 1.807) is 0 Å². The van der Waals surface area contributed by atoms with Gasteiger partial charge in [0, 0.05) is 0 Å². The number of hydrogen-bond acceptors (Lipinski definition) is 12. The third-order valence-electron chi connectivity index (χ3n) is 3.50. The zero-order valence-corrected chi connectivity index (χ0v) is 21.8. The maximum absolute atomic E-state index is 11.4. The van der Waals surface area contributed by atoms with Crippen molar-refractivity contribution in [2.45, 2.75) is 36.6 Å². The van der Waals surface area contributed by atoms with Gasteiger partial charge in [0.05, 0.1) is 0 Å². The van der Waals surface area contributed by atoms with Crippen molar-refractivity contribution in [1.82, 2.24) is 0 Å². The van der Waals surface area contributed by atoms with E-state index in [-0.39, 0.29) is 0 Å². The van der Waals surface area contributed by atoms with Crippen molar-refractivity contribution in [1.29, 1.82) is 0 Å². The van der Waals surface area contributed by atoms with Crippen LogP contribution < -0.4 is 0 Å². The molecule has 0 heterocycles. The average molecular weight is 660 g/mol. The molecule has 1 fully saturated rings. The number of phosphoric acid groups is 6. The van der Waals surface area contributed by atoms with Crippen LogP contribution in [0.3, 0.4) is 0 Å². The highest BCUT2D eigenvalue weighted by molar-refractivity contribution is 7.47. The summed E-state index contributed by atoms with van der Waals surface area (Å²) in [7, 11) is -36.1. The molecule has 0 atom stereocenters. The topological polar surface area (TPSA) is 401 Å². The van der Waals surface area contributed by atoms with Crippen molar-refractivity contribution < 1.29 is 113 Å². The molecule has 0 bridgehead atoms. The van der Waals surface area contributed by atoms with Gasteiger partial charge in [0.2, 0.25) is 0 Å². The van der Waals surface area contributed by atoms with Gasteiger partial charge in [-0.15, -0.1) is 0 Å². The van der Waals surface area contributed by atoms with Crippen LogP contribution in [0.2, 0.25) is 0 Å².